The monoisotopic (exact) mass is 366 g/mol. The number of benzene rings is 2. The first-order chi connectivity index (χ1) is 11.2. The smallest absolute Gasteiger partial charge is 0.231 e. The maximum atomic E-state index is 12.2. The highest BCUT2D eigenvalue weighted by molar-refractivity contribution is 7.92. The van der Waals surface area contributed by atoms with Crippen LogP contribution in [0.5, 0.6) is 0 Å². The summed E-state index contributed by atoms with van der Waals surface area (Å²) >= 11 is 5.94. The zero-order valence-electron chi connectivity index (χ0n) is 13.7. The Hall–Kier alpha value is -2.05. The highest BCUT2D eigenvalue weighted by Crippen LogP contribution is 2.21. The Kier molecular flexibility index (Phi) is 5.51. The largest absolute Gasteiger partial charge is 0.326 e. The first-order valence-electron chi connectivity index (χ1n) is 7.25. The van der Waals surface area contributed by atoms with E-state index in [9.17, 15) is 13.2 Å². The van der Waals surface area contributed by atoms with Crippen LogP contribution in [0.15, 0.2) is 42.5 Å². The van der Waals surface area contributed by atoms with Crippen molar-refractivity contribution in [1.29, 1.82) is 0 Å². The fourth-order valence-corrected chi connectivity index (χ4v) is 2.80. The number of hydrogen-bond donors (Lipinski definition) is 1. The minimum atomic E-state index is -3.30. The van der Waals surface area contributed by atoms with Crippen LogP contribution in [0.25, 0.3) is 0 Å². The van der Waals surface area contributed by atoms with Crippen molar-refractivity contribution in [2.75, 3.05) is 22.9 Å². The van der Waals surface area contributed by atoms with E-state index in [-0.39, 0.29) is 12.3 Å². The molecule has 0 fully saturated rings. The second-order valence-electron chi connectivity index (χ2n) is 5.58. The number of nitrogens with zero attached hydrogens (tertiary/aromatic N) is 1. The van der Waals surface area contributed by atoms with Crippen LogP contribution in [-0.4, -0.2) is 27.6 Å². The molecular weight excluding hydrogens is 348 g/mol. The lowest BCUT2D eigenvalue weighted by Crippen LogP contribution is -2.24. The van der Waals surface area contributed by atoms with Crippen LogP contribution < -0.4 is 9.62 Å². The summed E-state index contributed by atoms with van der Waals surface area (Å²) in [6, 6.07) is 12.1. The number of anilines is 2. The molecule has 0 bridgehead atoms. The van der Waals surface area contributed by atoms with E-state index in [1.54, 1.807) is 36.4 Å². The number of aryl methyl sites for hydroxylation is 1. The van der Waals surface area contributed by atoms with Gasteiger partial charge in [0, 0.05) is 17.8 Å². The molecule has 5 nitrogen and oxygen atoms in total. The Balaban J connectivity index is 2.06. The standard InChI is InChI=1S/C17H19ClN2O3S/c1-12-4-7-14(18)11-16(12)19-17(21)10-13-5-8-15(9-6-13)20(2)24(3,22)23/h4-9,11H,10H2,1-3H3,(H,19,21). The molecule has 0 unspecified atom stereocenters. The van der Waals surface area contributed by atoms with Gasteiger partial charge in [-0.25, -0.2) is 8.42 Å². The van der Waals surface area contributed by atoms with Gasteiger partial charge in [0.05, 0.1) is 18.4 Å². The molecule has 1 N–H and O–H groups in total. The molecule has 2 aromatic rings. The van der Waals surface area contributed by atoms with Crippen LogP contribution in [0.3, 0.4) is 0 Å². The van der Waals surface area contributed by atoms with E-state index in [1.807, 2.05) is 13.0 Å². The molecule has 0 heterocycles. The average molecular weight is 367 g/mol. The van der Waals surface area contributed by atoms with Crippen molar-refractivity contribution >= 4 is 38.9 Å². The normalized spacial score (nSPS) is 11.2. The van der Waals surface area contributed by atoms with Gasteiger partial charge in [-0.3, -0.25) is 9.10 Å². The number of amides is 1. The third-order valence-electron chi connectivity index (χ3n) is 3.64. The lowest BCUT2D eigenvalue weighted by atomic mass is 10.1. The first-order valence-corrected chi connectivity index (χ1v) is 9.48. The van der Waals surface area contributed by atoms with Crippen molar-refractivity contribution in [2.45, 2.75) is 13.3 Å². The zero-order valence-corrected chi connectivity index (χ0v) is 15.3. The average Bonchev–Trinajstić information content (AvgIpc) is 2.50. The maximum absolute atomic E-state index is 12.2. The summed E-state index contributed by atoms with van der Waals surface area (Å²) < 4.78 is 24.2. The van der Waals surface area contributed by atoms with Crippen LogP contribution >= 0.6 is 11.6 Å². The fraction of sp³-hybridized carbons (Fsp3) is 0.235. The number of hydrogen-bond acceptors (Lipinski definition) is 3. The molecule has 24 heavy (non-hydrogen) atoms. The topological polar surface area (TPSA) is 66.5 Å². The van der Waals surface area contributed by atoms with Crippen molar-refractivity contribution in [3.8, 4) is 0 Å². The van der Waals surface area contributed by atoms with Gasteiger partial charge in [0.2, 0.25) is 15.9 Å². The number of carbonyl (C=O) groups excluding carboxylic acids is 1. The van der Waals surface area contributed by atoms with Crippen molar-refractivity contribution < 1.29 is 13.2 Å². The van der Waals surface area contributed by atoms with Crippen LogP contribution in [0, 0.1) is 6.92 Å². The van der Waals surface area contributed by atoms with Crippen molar-refractivity contribution in [1.82, 2.24) is 0 Å². The molecule has 0 saturated heterocycles. The van der Waals surface area contributed by atoms with Gasteiger partial charge in [-0.2, -0.15) is 0 Å². The molecule has 0 aliphatic carbocycles. The van der Waals surface area contributed by atoms with Crippen molar-refractivity contribution in [2.24, 2.45) is 0 Å². The quantitative estimate of drug-likeness (QED) is 0.883. The van der Waals surface area contributed by atoms with Gasteiger partial charge < -0.3 is 5.32 Å². The van der Waals surface area contributed by atoms with Gasteiger partial charge in [0.1, 0.15) is 0 Å². The molecule has 2 aromatic carbocycles. The second kappa shape index (κ2) is 7.23. The highest BCUT2D eigenvalue weighted by atomic mass is 35.5. The summed E-state index contributed by atoms with van der Waals surface area (Å²) in [7, 11) is -1.81. The van der Waals surface area contributed by atoms with Gasteiger partial charge in [0.15, 0.2) is 0 Å². The van der Waals surface area contributed by atoms with Crippen molar-refractivity contribution in [3.63, 3.8) is 0 Å². The Morgan fingerprint density at radius 2 is 1.79 bits per heavy atom. The maximum Gasteiger partial charge on any atom is 0.231 e. The van der Waals surface area contributed by atoms with Gasteiger partial charge in [0.25, 0.3) is 0 Å². The molecule has 0 spiro atoms. The number of rotatable bonds is 5. The minimum Gasteiger partial charge on any atom is -0.326 e. The fourth-order valence-electron chi connectivity index (χ4n) is 2.12. The molecule has 2 rings (SSSR count). The third kappa shape index (κ3) is 4.72. The molecular formula is C17H19ClN2O3S. The van der Waals surface area contributed by atoms with Crippen LogP contribution in [-0.2, 0) is 21.2 Å². The van der Waals surface area contributed by atoms with Crippen LogP contribution in [0.4, 0.5) is 11.4 Å². The van der Waals surface area contributed by atoms with Gasteiger partial charge in [-0.05, 0) is 42.3 Å². The number of nitrogens with one attached hydrogen (secondary N) is 1. The lowest BCUT2D eigenvalue weighted by molar-refractivity contribution is -0.115. The first kappa shape index (κ1) is 18.3. The molecule has 0 aliphatic rings. The van der Waals surface area contributed by atoms with Crippen LogP contribution in [0.1, 0.15) is 11.1 Å². The molecule has 0 aliphatic heterocycles. The second-order valence-corrected chi connectivity index (χ2v) is 8.03. The van der Waals surface area contributed by atoms with Gasteiger partial charge in [-0.1, -0.05) is 29.8 Å². The Bertz CT molecular complexity index is 849. The summed E-state index contributed by atoms with van der Waals surface area (Å²) in [6.45, 7) is 1.89. The van der Waals surface area contributed by atoms with Crippen LogP contribution in [0.2, 0.25) is 5.02 Å². The Morgan fingerprint density at radius 1 is 1.17 bits per heavy atom. The van der Waals surface area contributed by atoms with E-state index in [1.165, 1.54) is 11.4 Å². The lowest BCUT2D eigenvalue weighted by Gasteiger charge is -2.16. The SMILES string of the molecule is Cc1ccc(Cl)cc1NC(=O)Cc1ccc(N(C)S(C)(=O)=O)cc1. The molecule has 0 saturated carbocycles. The van der Waals surface area contributed by atoms with Gasteiger partial charge in [-0.15, -0.1) is 0 Å². The Morgan fingerprint density at radius 3 is 2.38 bits per heavy atom. The molecule has 0 aromatic heterocycles. The minimum absolute atomic E-state index is 0.162. The van der Waals surface area contributed by atoms with Crippen molar-refractivity contribution in [3.05, 3.63) is 58.6 Å². The summed E-state index contributed by atoms with van der Waals surface area (Å²) in [5, 5.41) is 3.39. The predicted octanol–water partition coefficient (Wildman–Crippen LogP) is 3.23. The number of halogens is 1. The summed E-state index contributed by atoms with van der Waals surface area (Å²) in [6.07, 6.45) is 1.33. The molecule has 128 valence electrons. The highest BCUT2D eigenvalue weighted by Gasteiger charge is 2.12. The van der Waals surface area contributed by atoms with E-state index in [2.05, 4.69) is 5.32 Å². The molecule has 0 atom stereocenters. The number of sulfonamides is 1. The summed E-state index contributed by atoms with van der Waals surface area (Å²) in [5.41, 5.74) is 2.95. The Labute approximate surface area is 147 Å². The molecule has 7 heteroatoms. The zero-order chi connectivity index (χ0) is 17.9. The van der Waals surface area contributed by atoms with E-state index >= 15 is 0 Å². The number of carbonyl (C=O) groups is 1. The van der Waals surface area contributed by atoms with Gasteiger partial charge >= 0.3 is 0 Å². The van der Waals surface area contributed by atoms with E-state index in [4.69, 9.17) is 11.6 Å². The molecule has 1 amide bonds. The van der Waals surface area contributed by atoms with E-state index in [0.717, 1.165) is 17.4 Å². The molecule has 0 radical (unpaired) electrons. The predicted molar refractivity (Wildman–Crippen MR) is 98.2 cm³/mol. The van der Waals surface area contributed by atoms with E-state index < -0.39 is 10.0 Å². The third-order valence-corrected chi connectivity index (χ3v) is 5.08. The summed E-state index contributed by atoms with van der Waals surface area (Å²) in [4.78, 5) is 12.2. The summed E-state index contributed by atoms with van der Waals surface area (Å²) in [5.74, 6) is -0.162. The van der Waals surface area contributed by atoms with E-state index in [0.29, 0.717) is 16.4 Å².